The molecule has 0 bridgehead atoms. The average molecular weight is 374 g/mol. The molecule has 3 aromatic heterocycles. The highest BCUT2D eigenvalue weighted by atomic mass is 19.1. The molecule has 0 radical (unpaired) electrons. The molecule has 0 atom stereocenters. The number of nitrogens with one attached hydrogen (secondary N) is 1. The summed E-state index contributed by atoms with van der Waals surface area (Å²) in [5.74, 6) is 0.348. The lowest BCUT2D eigenvalue weighted by Gasteiger charge is -2.08. The summed E-state index contributed by atoms with van der Waals surface area (Å²) in [5, 5.41) is 22.7. The summed E-state index contributed by atoms with van der Waals surface area (Å²) in [6.45, 7) is 0.485. The molecule has 0 unspecified atom stereocenters. The molecule has 0 aliphatic rings. The highest BCUT2D eigenvalue weighted by molar-refractivity contribution is 5.85. The minimum atomic E-state index is -0.259. The summed E-state index contributed by atoms with van der Waals surface area (Å²) in [5.41, 5.74) is 3.09. The van der Waals surface area contributed by atoms with Crippen LogP contribution in [-0.2, 0) is 6.54 Å². The van der Waals surface area contributed by atoms with Crippen LogP contribution in [-0.4, -0.2) is 29.5 Å². The highest BCUT2D eigenvalue weighted by Gasteiger charge is 2.11. The van der Waals surface area contributed by atoms with Gasteiger partial charge in [0.15, 0.2) is 5.82 Å². The predicted molar refractivity (Wildman–Crippen MR) is 103 cm³/mol. The number of anilines is 2. The zero-order chi connectivity index (χ0) is 19.1. The van der Waals surface area contributed by atoms with Crippen molar-refractivity contribution < 1.29 is 9.50 Å². The van der Waals surface area contributed by atoms with Crippen molar-refractivity contribution in [2.24, 2.45) is 0 Å². The van der Waals surface area contributed by atoms with Gasteiger partial charge < -0.3 is 10.4 Å². The molecule has 0 fully saturated rings. The number of aromatic hydroxyl groups is 1. The van der Waals surface area contributed by atoms with Gasteiger partial charge in [-0.2, -0.15) is 10.2 Å². The maximum Gasteiger partial charge on any atom is 0.162 e. The zero-order valence-corrected chi connectivity index (χ0v) is 14.6. The van der Waals surface area contributed by atoms with Crippen LogP contribution in [0.2, 0.25) is 0 Å². The molecule has 0 spiro atoms. The van der Waals surface area contributed by atoms with Gasteiger partial charge in [-0.05, 0) is 35.9 Å². The van der Waals surface area contributed by atoms with Gasteiger partial charge in [0, 0.05) is 23.3 Å². The van der Waals surface area contributed by atoms with Gasteiger partial charge in [0.1, 0.15) is 23.4 Å². The van der Waals surface area contributed by atoms with Crippen molar-refractivity contribution in [1.29, 1.82) is 0 Å². The molecule has 2 aromatic carbocycles. The number of aromatic nitrogens is 5. The molecule has 5 rings (SSSR count). The lowest BCUT2D eigenvalue weighted by molar-refractivity contribution is 0.481. The molecule has 0 saturated heterocycles. The Balaban J connectivity index is 1.47. The predicted octanol–water partition coefficient (Wildman–Crippen LogP) is 3.72. The molecule has 28 heavy (non-hydrogen) atoms. The second-order valence-electron chi connectivity index (χ2n) is 6.43. The quantitative estimate of drug-likeness (QED) is 0.501. The fourth-order valence-electron chi connectivity index (χ4n) is 3.27. The summed E-state index contributed by atoms with van der Waals surface area (Å²) in [6.07, 6.45) is 4.85. The fraction of sp³-hybridized carbons (Fsp3) is 0.0500. The number of hydrogen-bond donors (Lipinski definition) is 2. The topological polar surface area (TPSA) is 80.3 Å². The van der Waals surface area contributed by atoms with Crippen LogP contribution in [0.25, 0.3) is 16.4 Å². The van der Waals surface area contributed by atoms with Crippen molar-refractivity contribution >= 4 is 27.9 Å². The van der Waals surface area contributed by atoms with Gasteiger partial charge in [0.2, 0.25) is 0 Å². The van der Waals surface area contributed by atoms with Crippen LogP contribution in [0.1, 0.15) is 5.56 Å². The van der Waals surface area contributed by atoms with Crippen LogP contribution in [0.15, 0.2) is 67.3 Å². The molecular weight excluding hydrogens is 359 g/mol. The lowest BCUT2D eigenvalue weighted by atomic mass is 10.2. The molecule has 0 saturated carbocycles. The Bertz CT molecular complexity index is 1310. The smallest absolute Gasteiger partial charge is 0.162 e. The molecule has 0 aliphatic heterocycles. The molecule has 7 nitrogen and oxygen atoms in total. The molecule has 3 heterocycles. The zero-order valence-electron chi connectivity index (χ0n) is 14.6. The van der Waals surface area contributed by atoms with Crippen LogP contribution in [0.3, 0.4) is 0 Å². The Labute approximate surface area is 158 Å². The van der Waals surface area contributed by atoms with E-state index in [1.165, 1.54) is 18.5 Å². The molecule has 0 aliphatic carbocycles. The first-order valence-electron chi connectivity index (χ1n) is 8.66. The van der Waals surface area contributed by atoms with E-state index in [0.717, 1.165) is 22.2 Å². The van der Waals surface area contributed by atoms with E-state index in [0.29, 0.717) is 17.9 Å². The van der Waals surface area contributed by atoms with Crippen molar-refractivity contribution in [1.82, 2.24) is 24.4 Å². The molecular formula is C20H15FN6O. The number of nitrogens with zero attached hydrogens (tertiary/aromatic N) is 5. The fourth-order valence-corrected chi connectivity index (χ4v) is 3.27. The lowest BCUT2D eigenvalue weighted by Crippen LogP contribution is -2.02. The Morgan fingerprint density at radius 2 is 2.00 bits per heavy atom. The third kappa shape index (κ3) is 2.81. The van der Waals surface area contributed by atoms with Crippen LogP contribution in [0, 0.1) is 5.82 Å². The van der Waals surface area contributed by atoms with E-state index in [1.54, 1.807) is 29.0 Å². The van der Waals surface area contributed by atoms with Crippen molar-refractivity contribution in [3.05, 3.63) is 78.6 Å². The Kier molecular flexibility index (Phi) is 3.68. The molecule has 138 valence electrons. The minimum absolute atomic E-state index is 0.104. The standard InChI is InChI=1S/C20H15FN6O/c21-15-3-1-2-13(8-15)11-27-17-5-4-16(9-14(17)10-23-27)25-20-19-18(28)6-7-26(19)24-12-22-20/h1-10,12,28H,11H2,(H,22,24,25). The molecule has 5 aromatic rings. The number of benzene rings is 2. The normalized spacial score (nSPS) is 11.3. The summed E-state index contributed by atoms with van der Waals surface area (Å²) in [6, 6.07) is 13.9. The number of halogens is 1. The first kappa shape index (κ1) is 16.2. The van der Waals surface area contributed by atoms with E-state index in [-0.39, 0.29) is 11.6 Å². The summed E-state index contributed by atoms with van der Waals surface area (Å²) in [7, 11) is 0. The van der Waals surface area contributed by atoms with Crippen LogP contribution < -0.4 is 5.32 Å². The van der Waals surface area contributed by atoms with Crippen LogP contribution in [0.5, 0.6) is 5.75 Å². The van der Waals surface area contributed by atoms with Crippen LogP contribution >= 0.6 is 0 Å². The third-order valence-electron chi connectivity index (χ3n) is 4.56. The Morgan fingerprint density at radius 1 is 1.07 bits per heavy atom. The molecule has 8 heteroatoms. The first-order chi connectivity index (χ1) is 13.7. The van der Waals surface area contributed by atoms with Gasteiger partial charge in [-0.3, -0.25) is 4.68 Å². The van der Waals surface area contributed by atoms with E-state index >= 15 is 0 Å². The third-order valence-corrected chi connectivity index (χ3v) is 4.56. The largest absolute Gasteiger partial charge is 0.505 e. The molecule has 2 N–H and O–H groups in total. The maximum absolute atomic E-state index is 13.4. The van der Waals surface area contributed by atoms with Gasteiger partial charge in [-0.25, -0.2) is 13.9 Å². The van der Waals surface area contributed by atoms with Crippen molar-refractivity contribution in [2.45, 2.75) is 6.54 Å². The number of fused-ring (bicyclic) bond motifs is 2. The summed E-state index contributed by atoms with van der Waals surface area (Å²) >= 11 is 0. The van der Waals surface area contributed by atoms with Gasteiger partial charge in [0.05, 0.1) is 18.3 Å². The Morgan fingerprint density at radius 3 is 2.89 bits per heavy atom. The van der Waals surface area contributed by atoms with Gasteiger partial charge in [-0.1, -0.05) is 12.1 Å². The first-order valence-corrected chi connectivity index (χ1v) is 8.66. The number of hydrogen-bond acceptors (Lipinski definition) is 5. The van der Waals surface area contributed by atoms with Crippen molar-refractivity contribution in [3.63, 3.8) is 0 Å². The van der Waals surface area contributed by atoms with Gasteiger partial charge >= 0.3 is 0 Å². The van der Waals surface area contributed by atoms with E-state index in [1.807, 2.05) is 28.9 Å². The van der Waals surface area contributed by atoms with E-state index in [9.17, 15) is 9.50 Å². The van der Waals surface area contributed by atoms with E-state index in [4.69, 9.17) is 0 Å². The second kappa shape index (κ2) is 6.34. The minimum Gasteiger partial charge on any atom is -0.505 e. The summed E-state index contributed by atoms with van der Waals surface area (Å²) in [4.78, 5) is 4.23. The monoisotopic (exact) mass is 374 g/mol. The SMILES string of the molecule is Oc1ccn2ncnc(Nc3ccc4c(cnn4Cc4cccc(F)c4)c3)c12. The van der Waals surface area contributed by atoms with Crippen molar-refractivity contribution in [3.8, 4) is 5.75 Å². The van der Waals surface area contributed by atoms with E-state index in [2.05, 4.69) is 20.5 Å². The summed E-state index contributed by atoms with van der Waals surface area (Å²) < 4.78 is 16.8. The van der Waals surface area contributed by atoms with Crippen molar-refractivity contribution in [2.75, 3.05) is 5.32 Å². The van der Waals surface area contributed by atoms with Crippen LogP contribution in [0.4, 0.5) is 15.9 Å². The highest BCUT2D eigenvalue weighted by Crippen LogP contribution is 2.28. The Hall–Kier alpha value is -3.94. The van der Waals surface area contributed by atoms with Gasteiger partial charge in [-0.15, -0.1) is 0 Å². The number of rotatable bonds is 4. The van der Waals surface area contributed by atoms with Gasteiger partial charge in [0.25, 0.3) is 0 Å². The van der Waals surface area contributed by atoms with E-state index < -0.39 is 0 Å². The molecule has 0 amide bonds. The second-order valence-corrected chi connectivity index (χ2v) is 6.43. The average Bonchev–Trinajstić information content (AvgIpc) is 3.26. The maximum atomic E-state index is 13.4.